The van der Waals surface area contributed by atoms with E-state index in [-0.39, 0.29) is 0 Å². The highest BCUT2D eigenvalue weighted by molar-refractivity contribution is 5.35. The van der Waals surface area contributed by atoms with E-state index in [4.69, 9.17) is 4.74 Å². The highest BCUT2D eigenvalue weighted by Crippen LogP contribution is 2.19. The third-order valence-electron chi connectivity index (χ3n) is 2.78. The first-order chi connectivity index (χ1) is 8.24. The van der Waals surface area contributed by atoms with Crippen LogP contribution in [-0.2, 0) is 0 Å². The van der Waals surface area contributed by atoms with E-state index < -0.39 is 0 Å². The fraction of sp³-hybridized carbons (Fsp3) is 0.600. The summed E-state index contributed by atoms with van der Waals surface area (Å²) in [6.07, 6.45) is 3.51. The standard InChI is InChI=1S/C15H25NO/c1-4-9-16-10-5-6-11-17-15-12-13(2)7-8-14(15)3/h7-8,12,16H,4-6,9-11H2,1-3H3. The smallest absolute Gasteiger partial charge is 0.122 e. The number of aryl methyl sites for hydroxylation is 2. The summed E-state index contributed by atoms with van der Waals surface area (Å²) in [5, 5.41) is 3.40. The van der Waals surface area contributed by atoms with Crippen molar-refractivity contribution >= 4 is 0 Å². The van der Waals surface area contributed by atoms with Gasteiger partial charge in [-0.1, -0.05) is 19.1 Å². The summed E-state index contributed by atoms with van der Waals surface area (Å²) in [6.45, 7) is 9.43. The molecule has 1 aromatic rings. The number of nitrogens with one attached hydrogen (secondary N) is 1. The van der Waals surface area contributed by atoms with Gasteiger partial charge in [-0.2, -0.15) is 0 Å². The molecule has 0 unspecified atom stereocenters. The van der Waals surface area contributed by atoms with Crippen molar-refractivity contribution in [3.05, 3.63) is 29.3 Å². The number of hydrogen-bond donors (Lipinski definition) is 1. The summed E-state index contributed by atoms with van der Waals surface area (Å²) in [4.78, 5) is 0. The Hall–Kier alpha value is -1.02. The van der Waals surface area contributed by atoms with Crippen LogP contribution in [0.1, 0.15) is 37.3 Å². The number of benzene rings is 1. The average Bonchev–Trinajstić information content (AvgIpc) is 2.32. The molecule has 0 heterocycles. The van der Waals surface area contributed by atoms with Crippen molar-refractivity contribution < 1.29 is 4.74 Å². The van der Waals surface area contributed by atoms with Gasteiger partial charge in [-0.3, -0.25) is 0 Å². The Labute approximate surface area is 105 Å². The number of rotatable bonds is 8. The van der Waals surface area contributed by atoms with E-state index in [0.717, 1.165) is 31.9 Å². The van der Waals surface area contributed by atoms with Gasteiger partial charge >= 0.3 is 0 Å². The third kappa shape index (κ3) is 5.73. The highest BCUT2D eigenvalue weighted by atomic mass is 16.5. The van der Waals surface area contributed by atoms with E-state index in [1.165, 1.54) is 24.0 Å². The maximum absolute atomic E-state index is 5.80. The molecule has 0 aliphatic heterocycles. The van der Waals surface area contributed by atoms with Crippen molar-refractivity contribution in [3.63, 3.8) is 0 Å². The van der Waals surface area contributed by atoms with Gasteiger partial charge in [0, 0.05) is 0 Å². The summed E-state index contributed by atoms with van der Waals surface area (Å²) >= 11 is 0. The van der Waals surface area contributed by atoms with Crippen molar-refractivity contribution in [2.45, 2.75) is 40.0 Å². The van der Waals surface area contributed by atoms with Crippen molar-refractivity contribution in [3.8, 4) is 5.75 Å². The zero-order valence-corrected chi connectivity index (χ0v) is 11.4. The molecule has 0 bridgehead atoms. The molecule has 1 rings (SSSR count). The molecule has 0 radical (unpaired) electrons. The van der Waals surface area contributed by atoms with Gasteiger partial charge in [-0.25, -0.2) is 0 Å². The van der Waals surface area contributed by atoms with Crippen LogP contribution >= 0.6 is 0 Å². The average molecular weight is 235 g/mol. The minimum Gasteiger partial charge on any atom is -0.493 e. The lowest BCUT2D eigenvalue weighted by Gasteiger charge is -2.10. The van der Waals surface area contributed by atoms with Crippen LogP contribution in [0.2, 0.25) is 0 Å². The first kappa shape index (κ1) is 14.0. The molecular weight excluding hydrogens is 210 g/mol. The number of unbranched alkanes of at least 4 members (excludes halogenated alkanes) is 1. The Morgan fingerprint density at radius 3 is 2.71 bits per heavy atom. The lowest BCUT2D eigenvalue weighted by molar-refractivity contribution is 0.304. The normalized spacial score (nSPS) is 10.5. The van der Waals surface area contributed by atoms with Gasteiger partial charge in [-0.05, 0) is 63.4 Å². The molecule has 0 spiro atoms. The summed E-state index contributed by atoms with van der Waals surface area (Å²) in [7, 11) is 0. The predicted molar refractivity (Wildman–Crippen MR) is 73.8 cm³/mol. The van der Waals surface area contributed by atoms with Crippen LogP contribution in [0.15, 0.2) is 18.2 Å². The van der Waals surface area contributed by atoms with E-state index in [1.54, 1.807) is 0 Å². The molecular formula is C15H25NO. The second-order valence-electron chi connectivity index (χ2n) is 4.57. The monoisotopic (exact) mass is 235 g/mol. The Morgan fingerprint density at radius 1 is 1.12 bits per heavy atom. The Kier molecular flexibility index (Phi) is 6.71. The molecule has 0 fully saturated rings. The Bertz CT molecular complexity index is 323. The minimum absolute atomic E-state index is 0.818. The molecule has 2 nitrogen and oxygen atoms in total. The predicted octanol–water partition coefficient (Wildman–Crippen LogP) is 3.46. The largest absolute Gasteiger partial charge is 0.493 e. The maximum atomic E-state index is 5.80. The first-order valence-corrected chi connectivity index (χ1v) is 6.65. The van der Waals surface area contributed by atoms with Gasteiger partial charge in [0.15, 0.2) is 0 Å². The molecule has 0 aliphatic rings. The SMILES string of the molecule is CCCNCCCCOc1cc(C)ccc1C. The lowest BCUT2D eigenvalue weighted by atomic mass is 10.1. The lowest BCUT2D eigenvalue weighted by Crippen LogP contribution is -2.16. The Morgan fingerprint density at radius 2 is 1.94 bits per heavy atom. The summed E-state index contributed by atoms with van der Waals surface area (Å²) < 4.78 is 5.80. The van der Waals surface area contributed by atoms with Crippen LogP contribution in [-0.4, -0.2) is 19.7 Å². The van der Waals surface area contributed by atoms with Gasteiger partial charge in [0.1, 0.15) is 5.75 Å². The van der Waals surface area contributed by atoms with Crippen LogP contribution in [0.3, 0.4) is 0 Å². The molecule has 2 heteroatoms. The van der Waals surface area contributed by atoms with Crippen LogP contribution in [0.4, 0.5) is 0 Å². The number of ether oxygens (including phenoxy) is 1. The summed E-state index contributed by atoms with van der Waals surface area (Å²) in [5.41, 5.74) is 2.48. The quantitative estimate of drug-likeness (QED) is 0.697. The Balaban J connectivity index is 2.15. The van der Waals surface area contributed by atoms with Crippen LogP contribution < -0.4 is 10.1 Å². The second kappa shape index (κ2) is 8.13. The topological polar surface area (TPSA) is 21.3 Å². The molecule has 0 atom stereocenters. The van der Waals surface area contributed by atoms with Crippen LogP contribution in [0.5, 0.6) is 5.75 Å². The zero-order valence-electron chi connectivity index (χ0n) is 11.4. The van der Waals surface area contributed by atoms with E-state index in [2.05, 4.69) is 44.3 Å². The fourth-order valence-corrected chi connectivity index (χ4v) is 1.70. The van der Waals surface area contributed by atoms with Gasteiger partial charge in [0.05, 0.1) is 6.61 Å². The molecule has 96 valence electrons. The van der Waals surface area contributed by atoms with E-state index in [1.807, 2.05) is 0 Å². The van der Waals surface area contributed by atoms with Crippen molar-refractivity contribution in [1.82, 2.24) is 5.32 Å². The van der Waals surface area contributed by atoms with Crippen molar-refractivity contribution in [2.75, 3.05) is 19.7 Å². The van der Waals surface area contributed by atoms with E-state index >= 15 is 0 Å². The highest BCUT2D eigenvalue weighted by Gasteiger charge is 1.99. The summed E-state index contributed by atoms with van der Waals surface area (Å²) in [6, 6.07) is 6.36. The first-order valence-electron chi connectivity index (χ1n) is 6.65. The molecule has 0 saturated carbocycles. The number of hydrogen-bond acceptors (Lipinski definition) is 2. The van der Waals surface area contributed by atoms with Crippen molar-refractivity contribution in [2.24, 2.45) is 0 Å². The fourth-order valence-electron chi connectivity index (χ4n) is 1.70. The molecule has 1 N–H and O–H groups in total. The molecule has 0 aromatic heterocycles. The maximum Gasteiger partial charge on any atom is 0.122 e. The van der Waals surface area contributed by atoms with Crippen LogP contribution in [0.25, 0.3) is 0 Å². The van der Waals surface area contributed by atoms with E-state index in [0.29, 0.717) is 0 Å². The zero-order chi connectivity index (χ0) is 12.5. The summed E-state index contributed by atoms with van der Waals surface area (Å²) in [5.74, 6) is 1.03. The third-order valence-corrected chi connectivity index (χ3v) is 2.78. The molecule has 0 aliphatic carbocycles. The molecule has 17 heavy (non-hydrogen) atoms. The molecule has 1 aromatic carbocycles. The molecule has 0 amide bonds. The van der Waals surface area contributed by atoms with E-state index in [9.17, 15) is 0 Å². The minimum atomic E-state index is 0.818. The molecule has 0 saturated heterocycles. The van der Waals surface area contributed by atoms with Crippen LogP contribution in [0, 0.1) is 13.8 Å². The van der Waals surface area contributed by atoms with Gasteiger partial charge in [0.25, 0.3) is 0 Å². The van der Waals surface area contributed by atoms with Crippen molar-refractivity contribution in [1.29, 1.82) is 0 Å². The second-order valence-corrected chi connectivity index (χ2v) is 4.57. The van der Waals surface area contributed by atoms with Gasteiger partial charge in [0.2, 0.25) is 0 Å². The van der Waals surface area contributed by atoms with Gasteiger partial charge in [-0.15, -0.1) is 0 Å². The van der Waals surface area contributed by atoms with Gasteiger partial charge < -0.3 is 10.1 Å².